The van der Waals surface area contributed by atoms with E-state index in [1.165, 1.54) is 0 Å². The summed E-state index contributed by atoms with van der Waals surface area (Å²) < 4.78 is 10.2. The Kier molecular flexibility index (Phi) is 5.72. The van der Waals surface area contributed by atoms with E-state index in [1.54, 1.807) is 13.8 Å². The van der Waals surface area contributed by atoms with E-state index in [1.807, 2.05) is 13.8 Å². The lowest BCUT2D eigenvalue weighted by Crippen LogP contribution is -2.50. The van der Waals surface area contributed by atoms with E-state index in [2.05, 4.69) is 0 Å². The van der Waals surface area contributed by atoms with Gasteiger partial charge in [-0.05, 0) is 27.2 Å². The van der Waals surface area contributed by atoms with Crippen molar-refractivity contribution in [3.05, 3.63) is 0 Å². The summed E-state index contributed by atoms with van der Waals surface area (Å²) >= 11 is 0. The van der Waals surface area contributed by atoms with Crippen molar-refractivity contribution in [2.24, 2.45) is 5.73 Å². The SMILES string of the molecule is CCOC(=O)C(C)(N)COC(C)CC. The van der Waals surface area contributed by atoms with Gasteiger partial charge in [0.15, 0.2) is 0 Å². The first-order valence-electron chi connectivity index (χ1n) is 5.01. The molecule has 0 aromatic heterocycles. The molecule has 0 heterocycles. The summed E-state index contributed by atoms with van der Waals surface area (Å²) in [6.45, 7) is 7.87. The van der Waals surface area contributed by atoms with Gasteiger partial charge in [0.1, 0.15) is 5.54 Å². The fourth-order valence-corrected chi connectivity index (χ4v) is 0.788. The molecule has 2 atom stereocenters. The van der Waals surface area contributed by atoms with E-state index in [0.29, 0.717) is 6.61 Å². The first kappa shape index (κ1) is 13.4. The molecule has 0 aliphatic heterocycles. The Morgan fingerprint density at radius 2 is 2.07 bits per heavy atom. The van der Waals surface area contributed by atoms with Crippen LogP contribution in [0.25, 0.3) is 0 Å². The van der Waals surface area contributed by atoms with Gasteiger partial charge >= 0.3 is 5.97 Å². The average molecular weight is 203 g/mol. The van der Waals surface area contributed by atoms with Gasteiger partial charge in [0.2, 0.25) is 0 Å². The van der Waals surface area contributed by atoms with Crippen molar-refractivity contribution in [3.8, 4) is 0 Å². The minimum absolute atomic E-state index is 0.118. The molecule has 0 aromatic carbocycles. The molecular formula is C10H21NO3. The van der Waals surface area contributed by atoms with Crippen LogP contribution < -0.4 is 5.73 Å². The molecule has 0 radical (unpaired) electrons. The van der Waals surface area contributed by atoms with Crippen LogP contribution in [0.3, 0.4) is 0 Å². The highest BCUT2D eigenvalue weighted by molar-refractivity contribution is 5.80. The highest BCUT2D eigenvalue weighted by atomic mass is 16.5. The van der Waals surface area contributed by atoms with Crippen molar-refractivity contribution >= 4 is 5.97 Å². The molecule has 0 aliphatic carbocycles. The molecule has 0 amide bonds. The largest absolute Gasteiger partial charge is 0.465 e. The van der Waals surface area contributed by atoms with Gasteiger partial charge in [-0.25, -0.2) is 4.79 Å². The van der Waals surface area contributed by atoms with Gasteiger partial charge in [-0.2, -0.15) is 0 Å². The van der Waals surface area contributed by atoms with Crippen LogP contribution in [0.5, 0.6) is 0 Å². The molecule has 0 fully saturated rings. The predicted molar refractivity (Wildman–Crippen MR) is 54.9 cm³/mol. The molecule has 4 nitrogen and oxygen atoms in total. The van der Waals surface area contributed by atoms with E-state index in [4.69, 9.17) is 15.2 Å². The number of nitrogens with two attached hydrogens (primary N) is 1. The molecule has 0 aromatic rings. The number of ether oxygens (including phenoxy) is 2. The minimum atomic E-state index is -1.04. The average Bonchev–Trinajstić information content (AvgIpc) is 2.14. The third kappa shape index (κ3) is 4.58. The number of rotatable bonds is 6. The van der Waals surface area contributed by atoms with Crippen molar-refractivity contribution in [3.63, 3.8) is 0 Å². The fraction of sp³-hybridized carbons (Fsp3) is 0.900. The van der Waals surface area contributed by atoms with Crippen LogP contribution >= 0.6 is 0 Å². The van der Waals surface area contributed by atoms with Gasteiger partial charge in [0, 0.05) is 0 Å². The summed E-state index contributed by atoms with van der Waals surface area (Å²) in [5.74, 6) is -0.414. The second-order valence-corrected chi connectivity index (χ2v) is 3.67. The summed E-state index contributed by atoms with van der Waals surface area (Å²) in [5, 5.41) is 0. The lowest BCUT2D eigenvalue weighted by molar-refractivity contribution is -0.152. The molecule has 0 aliphatic rings. The van der Waals surface area contributed by atoms with Crippen LogP contribution in [0, 0.1) is 0 Å². The standard InChI is InChI=1S/C10H21NO3/c1-5-8(3)14-7-10(4,11)9(12)13-6-2/h8H,5-7,11H2,1-4H3. The Morgan fingerprint density at radius 3 is 2.50 bits per heavy atom. The summed E-state index contributed by atoms with van der Waals surface area (Å²) in [6, 6.07) is 0. The number of carbonyl (C=O) groups is 1. The maximum absolute atomic E-state index is 11.3. The zero-order chi connectivity index (χ0) is 11.2. The maximum Gasteiger partial charge on any atom is 0.328 e. The molecule has 84 valence electrons. The maximum atomic E-state index is 11.3. The summed E-state index contributed by atoms with van der Waals surface area (Å²) in [5.41, 5.74) is 4.71. The Balaban J connectivity index is 3.99. The first-order valence-corrected chi connectivity index (χ1v) is 5.01. The lowest BCUT2D eigenvalue weighted by Gasteiger charge is -2.23. The van der Waals surface area contributed by atoms with Gasteiger partial charge in [0.25, 0.3) is 0 Å². The predicted octanol–water partition coefficient (Wildman–Crippen LogP) is 1.08. The Hall–Kier alpha value is -0.610. The van der Waals surface area contributed by atoms with Crippen molar-refractivity contribution in [1.29, 1.82) is 0 Å². The monoisotopic (exact) mass is 203 g/mol. The van der Waals surface area contributed by atoms with Crippen molar-refractivity contribution in [2.75, 3.05) is 13.2 Å². The summed E-state index contributed by atoms with van der Waals surface area (Å²) in [7, 11) is 0. The van der Waals surface area contributed by atoms with Gasteiger partial charge in [0.05, 0.1) is 19.3 Å². The molecule has 2 unspecified atom stereocenters. The van der Waals surface area contributed by atoms with E-state index in [-0.39, 0.29) is 12.7 Å². The molecule has 2 N–H and O–H groups in total. The van der Waals surface area contributed by atoms with Crippen LogP contribution in [0.15, 0.2) is 0 Å². The molecule has 0 saturated heterocycles. The van der Waals surface area contributed by atoms with Gasteiger partial charge < -0.3 is 15.2 Å². The molecule has 0 spiro atoms. The van der Waals surface area contributed by atoms with Gasteiger partial charge in [-0.3, -0.25) is 0 Å². The number of carbonyl (C=O) groups excluding carboxylic acids is 1. The van der Waals surface area contributed by atoms with E-state index >= 15 is 0 Å². The zero-order valence-corrected chi connectivity index (χ0v) is 9.50. The van der Waals surface area contributed by atoms with Crippen LogP contribution in [-0.4, -0.2) is 30.8 Å². The van der Waals surface area contributed by atoms with E-state index < -0.39 is 11.5 Å². The summed E-state index contributed by atoms with van der Waals surface area (Å²) in [6.07, 6.45) is 1.02. The van der Waals surface area contributed by atoms with Crippen LogP contribution in [0.4, 0.5) is 0 Å². The second-order valence-electron chi connectivity index (χ2n) is 3.67. The molecule has 0 rings (SSSR count). The van der Waals surface area contributed by atoms with Crippen LogP contribution in [0.1, 0.15) is 34.1 Å². The van der Waals surface area contributed by atoms with E-state index in [0.717, 1.165) is 6.42 Å². The smallest absolute Gasteiger partial charge is 0.328 e. The third-order valence-electron chi connectivity index (χ3n) is 1.98. The molecule has 0 bridgehead atoms. The highest BCUT2D eigenvalue weighted by Gasteiger charge is 2.30. The molecular weight excluding hydrogens is 182 g/mol. The Bertz CT molecular complexity index is 180. The fourth-order valence-electron chi connectivity index (χ4n) is 0.788. The van der Waals surface area contributed by atoms with Crippen molar-refractivity contribution < 1.29 is 14.3 Å². The normalized spacial score (nSPS) is 17.2. The number of hydrogen-bond donors (Lipinski definition) is 1. The third-order valence-corrected chi connectivity index (χ3v) is 1.98. The van der Waals surface area contributed by atoms with Gasteiger partial charge in [-0.15, -0.1) is 0 Å². The number of esters is 1. The lowest BCUT2D eigenvalue weighted by atomic mass is 10.1. The first-order chi connectivity index (χ1) is 6.44. The molecule has 4 heteroatoms. The molecule has 0 saturated carbocycles. The van der Waals surface area contributed by atoms with Crippen molar-refractivity contribution in [2.45, 2.75) is 45.8 Å². The van der Waals surface area contributed by atoms with Gasteiger partial charge in [-0.1, -0.05) is 6.92 Å². The topological polar surface area (TPSA) is 61.5 Å². The van der Waals surface area contributed by atoms with Crippen LogP contribution in [-0.2, 0) is 14.3 Å². The quantitative estimate of drug-likeness (QED) is 0.656. The number of hydrogen-bond acceptors (Lipinski definition) is 4. The van der Waals surface area contributed by atoms with Crippen molar-refractivity contribution in [1.82, 2.24) is 0 Å². The summed E-state index contributed by atoms with van der Waals surface area (Å²) in [4.78, 5) is 11.3. The van der Waals surface area contributed by atoms with E-state index in [9.17, 15) is 4.79 Å². The highest BCUT2D eigenvalue weighted by Crippen LogP contribution is 2.06. The van der Waals surface area contributed by atoms with Crippen LogP contribution in [0.2, 0.25) is 0 Å². The minimum Gasteiger partial charge on any atom is -0.465 e. The molecule has 14 heavy (non-hydrogen) atoms. The zero-order valence-electron chi connectivity index (χ0n) is 9.50. The Morgan fingerprint density at radius 1 is 1.50 bits per heavy atom. The second kappa shape index (κ2) is 5.98. The Labute approximate surface area is 85.8 Å².